The molecule has 2 rings (SSSR count). The first-order chi connectivity index (χ1) is 9.88. The van der Waals surface area contributed by atoms with E-state index >= 15 is 0 Å². The number of rotatable bonds is 4. The molecule has 1 aromatic rings. The van der Waals surface area contributed by atoms with Gasteiger partial charge in [-0.25, -0.2) is 0 Å². The van der Waals surface area contributed by atoms with E-state index in [1.54, 1.807) is 0 Å². The molecule has 0 saturated carbocycles. The second-order valence-electron chi connectivity index (χ2n) is 6.93. The summed E-state index contributed by atoms with van der Waals surface area (Å²) in [5.74, 6) is 0. The monoisotopic (exact) mass is 356 g/mol. The Morgan fingerprint density at radius 3 is 2.62 bits per heavy atom. The predicted molar refractivity (Wildman–Crippen MR) is 91.5 cm³/mol. The molecule has 0 spiro atoms. The van der Waals surface area contributed by atoms with E-state index in [1.165, 1.54) is 15.9 Å². The maximum atomic E-state index is 4.73. The molecule has 1 atom stereocenters. The SMILES string of the molecule is CCc1nn(CC)c(CN2CCNCC2C(C)(C)C)c1Br. The Hall–Kier alpha value is -0.390. The molecule has 1 N–H and O–H groups in total. The minimum absolute atomic E-state index is 0.282. The van der Waals surface area contributed by atoms with Crippen LogP contribution in [0, 0.1) is 5.41 Å². The van der Waals surface area contributed by atoms with Crippen molar-refractivity contribution in [1.82, 2.24) is 20.0 Å². The zero-order valence-electron chi connectivity index (χ0n) is 14.0. The molecular formula is C16H29BrN4. The van der Waals surface area contributed by atoms with Crippen molar-refractivity contribution in [2.24, 2.45) is 5.41 Å². The van der Waals surface area contributed by atoms with Gasteiger partial charge in [0.15, 0.2) is 0 Å². The van der Waals surface area contributed by atoms with Gasteiger partial charge in [0, 0.05) is 38.8 Å². The fourth-order valence-electron chi connectivity index (χ4n) is 3.15. The Labute approximate surface area is 137 Å². The predicted octanol–water partition coefficient (Wildman–Crippen LogP) is 3.05. The summed E-state index contributed by atoms with van der Waals surface area (Å²) in [6, 6.07) is 0.559. The van der Waals surface area contributed by atoms with E-state index in [2.05, 4.69) is 65.4 Å². The smallest absolute Gasteiger partial charge is 0.0767 e. The molecule has 2 heterocycles. The van der Waals surface area contributed by atoms with Crippen LogP contribution in [0.2, 0.25) is 0 Å². The van der Waals surface area contributed by atoms with E-state index in [1.807, 2.05) is 0 Å². The zero-order valence-corrected chi connectivity index (χ0v) is 15.6. The van der Waals surface area contributed by atoms with Gasteiger partial charge in [-0.3, -0.25) is 9.58 Å². The van der Waals surface area contributed by atoms with Gasteiger partial charge in [0.2, 0.25) is 0 Å². The molecule has 1 unspecified atom stereocenters. The van der Waals surface area contributed by atoms with E-state index in [9.17, 15) is 0 Å². The van der Waals surface area contributed by atoms with Crippen molar-refractivity contribution in [3.05, 3.63) is 15.9 Å². The van der Waals surface area contributed by atoms with E-state index in [4.69, 9.17) is 5.10 Å². The summed E-state index contributed by atoms with van der Waals surface area (Å²) in [4.78, 5) is 2.61. The Morgan fingerprint density at radius 2 is 2.05 bits per heavy atom. The second kappa shape index (κ2) is 6.80. The number of aromatic nitrogens is 2. The van der Waals surface area contributed by atoms with Gasteiger partial charge in [0.25, 0.3) is 0 Å². The summed E-state index contributed by atoms with van der Waals surface area (Å²) < 4.78 is 3.36. The molecule has 1 aromatic heterocycles. The minimum atomic E-state index is 0.282. The van der Waals surface area contributed by atoms with Gasteiger partial charge in [-0.15, -0.1) is 0 Å². The quantitative estimate of drug-likeness (QED) is 0.899. The maximum absolute atomic E-state index is 4.73. The third-order valence-corrected chi connectivity index (χ3v) is 5.32. The van der Waals surface area contributed by atoms with Crippen LogP contribution in [0.15, 0.2) is 4.47 Å². The van der Waals surface area contributed by atoms with Crippen molar-refractivity contribution >= 4 is 15.9 Å². The van der Waals surface area contributed by atoms with E-state index in [0.29, 0.717) is 6.04 Å². The molecule has 0 bridgehead atoms. The molecule has 5 heteroatoms. The molecule has 120 valence electrons. The van der Waals surface area contributed by atoms with Crippen LogP contribution in [-0.2, 0) is 19.5 Å². The third kappa shape index (κ3) is 3.69. The van der Waals surface area contributed by atoms with Crippen LogP contribution in [0.3, 0.4) is 0 Å². The summed E-state index contributed by atoms with van der Waals surface area (Å²) in [6.07, 6.45) is 0.977. The average Bonchev–Trinajstić information content (AvgIpc) is 2.75. The summed E-state index contributed by atoms with van der Waals surface area (Å²) in [5, 5.41) is 8.27. The molecule has 1 aliphatic heterocycles. The van der Waals surface area contributed by atoms with Crippen molar-refractivity contribution in [1.29, 1.82) is 0 Å². The highest BCUT2D eigenvalue weighted by Crippen LogP contribution is 2.29. The number of nitrogens with zero attached hydrogens (tertiary/aromatic N) is 3. The second-order valence-corrected chi connectivity index (χ2v) is 7.73. The lowest BCUT2D eigenvalue weighted by Gasteiger charge is -2.43. The molecule has 0 aliphatic carbocycles. The van der Waals surface area contributed by atoms with Crippen molar-refractivity contribution in [3.8, 4) is 0 Å². The van der Waals surface area contributed by atoms with Crippen molar-refractivity contribution in [3.63, 3.8) is 0 Å². The van der Waals surface area contributed by atoms with Crippen LogP contribution >= 0.6 is 15.9 Å². The largest absolute Gasteiger partial charge is 0.314 e. The number of hydrogen-bond acceptors (Lipinski definition) is 3. The van der Waals surface area contributed by atoms with Crippen LogP contribution < -0.4 is 5.32 Å². The van der Waals surface area contributed by atoms with Crippen LogP contribution in [0.4, 0.5) is 0 Å². The molecule has 0 aromatic carbocycles. The molecule has 1 saturated heterocycles. The first-order valence-electron chi connectivity index (χ1n) is 8.07. The van der Waals surface area contributed by atoms with Gasteiger partial charge in [-0.2, -0.15) is 5.10 Å². The standard InChI is InChI=1S/C16H29BrN4/c1-6-12-15(17)13(21(7-2)19-12)11-20-9-8-18-10-14(20)16(3,4)5/h14,18H,6-11H2,1-5H3. The molecule has 1 fully saturated rings. The highest BCUT2D eigenvalue weighted by atomic mass is 79.9. The van der Waals surface area contributed by atoms with Gasteiger partial charge in [-0.05, 0) is 34.7 Å². The third-order valence-electron chi connectivity index (χ3n) is 4.40. The zero-order chi connectivity index (χ0) is 15.6. The van der Waals surface area contributed by atoms with Crippen LogP contribution in [0.5, 0.6) is 0 Å². The number of piperazine rings is 1. The van der Waals surface area contributed by atoms with Gasteiger partial charge < -0.3 is 5.32 Å². The summed E-state index contributed by atoms with van der Waals surface area (Å²) in [5.41, 5.74) is 2.78. The number of hydrogen-bond donors (Lipinski definition) is 1. The summed E-state index contributed by atoms with van der Waals surface area (Å²) >= 11 is 3.77. The molecule has 1 aliphatic rings. The summed E-state index contributed by atoms with van der Waals surface area (Å²) in [6.45, 7) is 16.5. The lowest BCUT2D eigenvalue weighted by atomic mass is 9.84. The van der Waals surface area contributed by atoms with Crippen LogP contribution in [0.1, 0.15) is 46.0 Å². The number of aryl methyl sites for hydroxylation is 2. The topological polar surface area (TPSA) is 33.1 Å². The van der Waals surface area contributed by atoms with Gasteiger partial charge in [0.05, 0.1) is 15.9 Å². The maximum Gasteiger partial charge on any atom is 0.0767 e. The van der Waals surface area contributed by atoms with Crippen molar-refractivity contribution in [2.45, 2.75) is 60.2 Å². The molecule has 4 nitrogen and oxygen atoms in total. The Bertz CT molecular complexity index is 475. The first kappa shape index (κ1) is 17.0. The Kier molecular flexibility index (Phi) is 5.49. The van der Waals surface area contributed by atoms with Gasteiger partial charge in [0.1, 0.15) is 0 Å². The highest BCUT2D eigenvalue weighted by Gasteiger charge is 2.33. The lowest BCUT2D eigenvalue weighted by molar-refractivity contribution is 0.0664. The Morgan fingerprint density at radius 1 is 1.33 bits per heavy atom. The number of halogens is 1. The van der Waals surface area contributed by atoms with Crippen molar-refractivity contribution < 1.29 is 0 Å². The molecule has 0 amide bonds. The molecule has 0 radical (unpaired) electrons. The van der Waals surface area contributed by atoms with E-state index < -0.39 is 0 Å². The average molecular weight is 357 g/mol. The van der Waals surface area contributed by atoms with Crippen LogP contribution in [-0.4, -0.2) is 40.4 Å². The Balaban J connectivity index is 2.25. The van der Waals surface area contributed by atoms with Crippen LogP contribution in [0.25, 0.3) is 0 Å². The fraction of sp³-hybridized carbons (Fsp3) is 0.812. The van der Waals surface area contributed by atoms with E-state index in [0.717, 1.165) is 39.1 Å². The van der Waals surface area contributed by atoms with Gasteiger partial charge in [-0.1, -0.05) is 27.7 Å². The highest BCUT2D eigenvalue weighted by molar-refractivity contribution is 9.10. The first-order valence-corrected chi connectivity index (χ1v) is 8.86. The normalized spacial score (nSPS) is 21.0. The molecular weight excluding hydrogens is 328 g/mol. The van der Waals surface area contributed by atoms with E-state index in [-0.39, 0.29) is 5.41 Å². The summed E-state index contributed by atoms with van der Waals surface area (Å²) in [7, 11) is 0. The fourth-order valence-corrected chi connectivity index (χ4v) is 3.84. The van der Waals surface area contributed by atoms with Crippen molar-refractivity contribution in [2.75, 3.05) is 19.6 Å². The minimum Gasteiger partial charge on any atom is -0.314 e. The molecule has 21 heavy (non-hydrogen) atoms. The van der Waals surface area contributed by atoms with Gasteiger partial charge >= 0.3 is 0 Å². The number of nitrogens with one attached hydrogen (secondary N) is 1. The lowest BCUT2D eigenvalue weighted by Crippen LogP contribution is -2.56.